The molecule has 3 rings (SSSR count). The molecule has 2 aromatic heterocycles. The molecule has 3 atom stereocenters. The van der Waals surface area contributed by atoms with Gasteiger partial charge in [-0.1, -0.05) is 138 Å². The summed E-state index contributed by atoms with van der Waals surface area (Å²) in [7, 11) is -4.53. The van der Waals surface area contributed by atoms with Gasteiger partial charge in [0.05, 0.1) is 25.6 Å². The smallest absolute Gasteiger partial charge is 0.412 e. The first-order valence-corrected chi connectivity index (χ1v) is 26.4. The van der Waals surface area contributed by atoms with Gasteiger partial charge >= 0.3 is 12.2 Å². The minimum atomic E-state index is -2.32. The zero-order chi connectivity index (χ0) is 40.2. The second-order valence-corrected chi connectivity index (χ2v) is 27.8. The van der Waals surface area contributed by atoms with E-state index in [-0.39, 0.29) is 40.3 Å². The number of aromatic nitrogens is 4. The van der Waals surface area contributed by atoms with Gasteiger partial charge in [-0.15, -0.1) is 6.42 Å². The van der Waals surface area contributed by atoms with Gasteiger partial charge < -0.3 is 18.3 Å². The third-order valence-electron chi connectivity index (χ3n) is 11.9. The molecule has 0 saturated carbocycles. The molecule has 0 bridgehead atoms. The Morgan fingerprint density at radius 3 is 1.98 bits per heavy atom. The molecule has 1 aliphatic rings. The monoisotopic (exact) mass is 790 g/mol. The number of terminal acetylenes is 1. The van der Waals surface area contributed by atoms with E-state index in [4.69, 9.17) is 24.7 Å². The third-order valence-corrected chi connectivity index (χ3v) is 20.8. The summed E-state index contributed by atoms with van der Waals surface area (Å²) >= 11 is 0. The number of carbonyl (C=O) groups is 1. The van der Waals surface area contributed by atoms with Crippen LogP contribution in [0.25, 0.3) is 11.2 Å². The van der Waals surface area contributed by atoms with Gasteiger partial charge in [0.15, 0.2) is 39.2 Å². The molecule has 13 heteroatoms. The van der Waals surface area contributed by atoms with Gasteiger partial charge in [0.25, 0.3) is 0 Å². The molecular weight excluding hydrogens is 718 g/mol. The van der Waals surface area contributed by atoms with Crippen molar-refractivity contribution in [1.29, 1.82) is 0 Å². The van der Waals surface area contributed by atoms with Crippen molar-refractivity contribution in [2.24, 2.45) is 0 Å². The first-order chi connectivity index (χ1) is 25.3. The van der Waals surface area contributed by atoms with E-state index in [1.165, 1.54) is 77.0 Å². The minimum absolute atomic E-state index is 0.0394. The van der Waals surface area contributed by atoms with E-state index in [1.807, 2.05) is 0 Å². The van der Waals surface area contributed by atoms with Gasteiger partial charge in [0.1, 0.15) is 6.23 Å². The third kappa shape index (κ3) is 12.8. The molecule has 3 heterocycles. The molecule has 1 fully saturated rings. The van der Waals surface area contributed by atoms with E-state index in [2.05, 4.69) is 101 Å². The second kappa shape index (κ2) is 20.2. The van der Waals surface area contributed by atoms with Crippen molar-refractivity contribution in [3.05, 3.63) is 12.4 Å². The largest absolute Gasteiger partial charge is 0.449 e. The lowest BCUT2D eigenvalue weighted by Crippen LogP contribution is -2.54. The number of fused-ring (bicyclic) bond motifs is 1. The molecule has 1 saturated heterocycles. The molecule has 0 spiro atoms. The number of nitrogens with zero attached hydrogens (tertiary/aromatic N) is 4. The zero-order valence-corrected chi connectivity index (χ0v) is 37.5. The predicted molar refractivity (Wildman–Crippen MR) is 222 cm³/mol. The van der Waals surface area contributed by atoms with Gasteiger partial charge in [-0.2, -0.15) is 14.4 Å². The number of nitrogens with one attached hydrogen (secondary N) is 1. The van der Waals surface area contributed by atoms with E-state index in [0.29, 0.717) is 6.42 Å². The SMILES string of the molecule is C#C[C@]1(CO[Si](C)(C)C(C)(C)C)O[C@@H](n2cnc3c(NC(=O)OCCCCCCCCCCCCCCCC)nc(F)nc32)C[C@@H]1O[Si](C)(C)C(C)(C)C. The maximum Gasteiger partial charge on any atom is 0.412 e. The number of imidazole rings is 1. The van der Waals surface area contributed by atoms with Crippen LogP contribution in [-0.4, -0.2) is 67.2 Å². The van der Waals surface area contributed by atoms with Crippen molar-refractivity contribution < 1.29 is 27.5 Å². The molecule has 10 nitrogen and oxygen atoms in total. The topological polar surface area (TPSA) is 110 Å². The first kappa shape index (κ1) is 46.0. The quantitative estimate of drug-likeness (QED) is 0.0543. The van der Waals surface area contributed by atoms with Gasteiger partial charge in [-0.05, 0) is 42.7 Å². The van der Waals surface area contributed by atoms with Crippen molar-refractivity contribution >= 4 is 39.7 Å². The van der Waals surface area contributed by atoms with Gasteiger partial charge in [0.2, 0.25) is 0 Å². The Balaban J connectivity index is 1.61. The highest BCUT2D eigenvalue weighted by molar-refractivity contribution is 6.74. The van der Waals surface area contributed by atoms with Crippen LogP contribution in [0, 0.1) is 18.4 Å². The molecule has 1 aliphatic heterocycles. The number of hydrogen-bond acceptors (Lipinski definition) is 8. The Kier molecular flexibility index (Phi) is 17.2. The zero-order valence-electron chi connectivity index (χ0n) is 35.5. The van der Waals surface area contributed by atoms with Crippen LogP contribution in [0.5, 0.6) is 0 Å². The Bertz CT molecular complexity index is 1520. The number of ether oxygens (including phenoxy) is 2. The Hall–Kier alpha value is -2.38. The summed E-state index contributed by atoms with van der Waals surface area (Å²) in [5.74, 6) is 2.86. The summed E-state index contributed by atoms with van der Waals surface area (Å²) in [6.07, 6.45) is 22.7. The fourth-order valence-electron chi connectivity index (χ4n) is 6.17. The average molecular weight is 790 g/mol. The summed E-state index contributed by atoms with van der Waals surface area (Å²) in [6.45, 7) is 24.5. The summed E-state index contributed by atoms with van der Waals surface area (Å²) < 4.78 is 42.3. The summed E-state index contributed by atoms with van der Waals surface area (Å²) in [4.78, 5) is 25.1. The van der Waals surface area contributed by atoms with Gasteiger partial charge in [0, 0.05) is 6.42 Å². The molecule has 2 aromatic rings. The highest BCUT2D eigenvalue weighted by Crippen LogP contribution is 2.46. The van der Waals surface area contributed by atoms with Crippen LogP contribution in [0.2, 0.25) is 36.3 Å². The lowest BCUT2D eigenvalue weighted by molar-refractivity contribution is -0.0838. The Morgan fingerprint density at radius 1 is 0.926 bits per heavy atom. The van der Waals surface area contributed by atoms with Crippen LogP contribution >= 0.6 is 0 Å². The van der Waals surface area contributed by atoms with Crippen LogP contribution < -0.4 is 5.32 Å². The summed E-state index contributed by atoms with van der Waals surface area (Å²) in [5, 5.41) is 2.46. The lowest BCUT2D eigenvalue weighted by Gasteiger charge is -2.43. The van der Waals surface area contributed by atoms with Crippen LogP contribution in [0.3, 0.4) is 0 Å². The van der Waals surface area contributed by atoms with E-state index in [9.17, 15) is 9.18 Å². The number of anilines is 1. The molecule has 1 amide bonds. The van der Waals surface area contributed by atoms with Crippen LogP contribution in [-0.2, 0) is 18.3 Å². The number of unbranched alkanes of at least 4 members (excludes halogenated alkanes) is 13. The lowest BCUT2D eigenvalue weighted by atomic mass is 9.99. The maximum absolute atomic E-state index is 14.9. The molecule has 0 unspecified atom stereocenters. The van der Waals surface area contributed by atoms with E-state index in [1.54, 1.807) is 4.57 Å². The van der Waals surface area contributed by atoms with Crippen molar-refractivity contribution in [3.63, 3.8) is 0 Å². The fourth-order valence-corrected chi connectivity index (χ4v) is 8.53. The highest BCUT2D eigenvalue weighted by atomic mass is 28.4. The van der Waals surface area contributed by atoms with Gasteiger partial charge in [-0.3, -0.25) is 9.88 Å². The number of rotatable bonds is 22. The first-order valence-electron chi connectivity index (χ1n) is 20.6. The maximum atomic E-state index is 14.9. The molecule has 0 aromatic carbocycles. The Labute approximate surface area is 328 Å². The summed E-state index contributed by atoms with van der Waals surface area (Å²) in [6, 6.07) is 0. The Morgan fingerprint density at radius 2 is 1.46 bits per heavy atom. The van der Waals surface area contributed by atoms with Crippen LogP contribution in [0.1, 0.15) is 151 Å². The van der Waals surface area contributed by atoms with Crippen molar-refractivity contribution in [2.75, 3.05) is 18.5 Å². The number of carbonyl (C=O) groups excluding carboxylic acids is 1. The minimum Gasteiger partial charge on any atom is -0.449 e. The average Bonchev–Trinajstić information content (AvgIpc) is 3.66. The fraction of sp³-hybridized carbons (Fsp3) is 0.805. The standard InChI is InChI=1S/C41H72FN5O5Si2/c1-13-15-16-17-18-19-20-21-22-23-24-25-26-27-28-49-38(48)45-35-34-36(46-37(42)44-35)47(31-43-34)33-29-32(52-54(11,12)40(6,7)8)41(14-2,51-33)30-50-53(9,10)39(3,4)5/h2,31-33H,13,15-30H2,1,3-12H3,(H,44,45,46,48)/t32-,33+,41+/m0/s1. The normalized spacial score (nSPS) is 19.7. The predicted octanol–water partition coefficient (Wildman–Crippen LogP) is 11.7. The van der Waals surface area contributed by atoms with E-state index in [0.717, 1.165) is 19.3 Å². The van der Waals surface area contributed by atoms with E-state index >= 15 is 0 Å². The van der Waals surface area contributed by atoms with Crippen LogP contribution in [0.15, 0.2) is 6.33 Å². The molecule has 0 aliphatic carbocycles. The summed E-state index contributed by atoms with van der Waals surface area (Å²) in [5.41, 5.74) is -0.819. The number of hydrogen-bond donors (Lipinski definition) is 1. The molecule has 306 valence electrons. The van der Waals surface area contributed by atoms with Gasteiger partial charge in [-0.25, -0.2) is 9.78 Å². The van der Waals surface area contributed by atoms with Crippen molar-refractivity contribution in [3.8, 4) is 12.3 Å². The molecule has 54 heavy (non-hydrogen) atoms. The molecule has 0 radical (unpaired) electrons. The second-order valence-electron chi connectivity index (χ2n) is 18.3. The highest BCUT2D eigenvalue weighted by Gasteiger charge is 2.54. The van der Waals surface area contributed by atoms with Crippen molar-refractivity contribution in [2.45, 2.75) is 199 Å². The molecular formula is C41H72FN5O5Si2. The number of amides is 1. The number of halogens is 1. The van der Waals surface area contributed by atoms with Crippen molar-refractivity contribution in [1.82, 2.24) is 19.5 Å². The van der Waals surface area contributed by atoms with E-state index < -0.39 is 46.7 Å². The molecule has 1 N–H and O–H groups in total. The van der Waals surface area contributed by atoms with Crippen LogP contribution in [0.4, 0.5) is 15.0 Å².